The third-order valence-corrected chi connectivity index (χ3v) is 4.55. The van der Waals surface area contributed by atoms with Gasteiger partial charge in [0.15, 0.2) is 0 Å². The molecule has 3 rings (SSSR count). The number of carbonyl (C=O) groups is 1. The Labute approximate surface area is 140 Å². The van der Waals surface area contributed by atoms with Gasteiger partial charge in [-0.25, -0.2) is 4.79 Å². The Kier molecular flexibility index (Phi) is 4.42. The van der Waals surface area contributed by atoms with E-state index in [0.717, 1.165) is 24.2 Å². The van der Waals surface area contributed by atoms with Gasteiger partial charge in [-0.15, -0.1) is 0 Å². The van der Waals surface area contributed by atoms with Crippen molar-refractivity contribution in [1.82, 2.24) is 4.98 Å². The molecule has 126 valence electrons. The molecule has 1 aromatic carbocycles. The molecule has 1 saturated heterocycles. The average molecular weight is 326 g/mol. The predicted octanol–water partition coefficient (Wildman–Crippen LogP) is 3.46. The molecule has 2 aromatic rings. The molecule has 0 aliphatic carbocycles. The summed E-state index contributed by atoms with van der Waals surface area (Å²) in [5.41, 5.74) is 2.85. The number of pyridine rings is 1. The number of anilines is 1. The lowest BCUT2D eigenvalue weighted by Gasteiger charge is -2.18. The molecule has 0 atom stereocenters. The lowest BCUT2D eigenvalue weighted by molar-refractivity contribution is 0.0695. The van der Waals surface area contributed by atoms with Crippen LogP contribution >= 0.6 is 0 Å². The molecule has 1 aliphatic rings. The summed E-state index contributed by atoms with van der Waals surface area (Å²) in [4.78, 5) is 28.4. The molecule has 0 saturated carbocycles. The molecular formula is C19H22N2O3. The normalized spacial score (nSPS) is 14.4. The van der Waals surface area contributed by atoms with E-state index in [-0.39, 0.29) is 11.5 Å². The number of aromatic amines is 1. The molecule has 1 fully saturated rings. The average Bonchev–Trinajstić information content (AvgIpc) is 3.08. The summed E-state index contributed by atoms with van der Waals surface area (Å²) in [6.07, 6.45) is 2.45. The van der Waals surface area contributed by atoms with Gasteiger partial charge in [-0.05, 0) is 48.1 Å². The van der Waals surface area contributed by atoms with E-state index in [2.05, 4.69) is 22.0 Å². The van der Waals surface area contributed by atoms with Gasteiger partial charge in [-0.3, -0.25) is 4.79 Å². The van der Waals surface area contributed by atoms with Gasteiger partial charge in [-0.1, -0.05) is 26.0 Å². The van der Waals surface area contributed by atoms with Crippen LogP contribution in [0.15, 0.2) is 35.1 Å². The first kappa shape index (κ1) is 16.3. The number of hydrogen-bond acceptors (Lipinski definition) is 3. The van der Waals surface area contributed by atoms with Crippen molar-refractivity contribution in [2.75, 3.05) is 18.0 Å². The minimum atomic E-state index is -1.20. The number of nitrogens with one attached hydrogen (secondary N) is 1. The summed E-state index contributed by atoms with van der Waals surface area (Å²) in [7, 11) is 0. The lowest BCUT2D eigenvalue weighted by Crippen LogP contribution is -2.20. The fraction of sp³-hybridized carbons (Fsp3) is 0.368. The van der Waals surface area contributed by atoms with Crippen LogP contribution in [0, 0.1) is 0 Å². The second-order valence-corrected chi connectivity index (χ2v) is 6.54. The standard InChI is InChI=1S/C19H22N2O3/c1-12(2)15-11-16(19(23)24)18(22)20-17(15)13-5-7-14(8-6-13)21-9-3-4-10-21/h5-8,11-12H,3-4,9-10H2,1-2H3,(H,20,22)(H,23,24). The van der Waals surface area contributed by atoms with Gasteiger partial charge in [0.25, 0.3) is 5.56 Å². The minimum absolute atomic E-state index is 0.105. The maximum atomic E-state index is 12.1. The second kappa shape index (κ2) is 6.51. The van der Waals surface area contributed by atoms with Crippen molar-refractivity contribution in [3.05, 3.63) is 51.8 Å². The molecule has 5 heteroatoms. The Hall–Kier alpha value is -2.56. The minimum Gasteiger partial charge on any atom is -0.477 e. The van der Waals surface area contributed by atoms with Crippen LogP contribution in [0.1, 0.15) is 48.5 Å². The Balaban J connectivity index is 2.03. The first-order chi connectivity index (χ1) is 11.5. The van der Waals surface area contributed by atoms with Crippen LogP contribution in [-0.4, -0.2) is 29.1 Å². The van der Waals surface area contributed by atoms with Crippen molar-refractivity contribution in [3.8, 4) is 11.3 Å². The molecule has 0 unspecified atom stereocenters. The molecule has 2 N–H and O–H groups in total. The van der Waals surface area contributed by atoms with Crippen LogP contribution < -0.4 is 10.5 Å². The van der Waals surface area contributed by atoms with Crippen LogP contribution in [-0.2, 0) is 0 Å². The van der Waals surface area contributed by atoms with E-state index in [4.69, 9.17) is 5.11 Å². The molecule has 24 heavy (non-hydrogen) atoms. The van der Waals surface area contributed by atoms with Crippen LogP contribution in [0.4, 0.5) is 5.69 Å². The Bertz CT molecular complexity index is 800. The predicted molar refractivity (Wildman–Crippen MR) is 95.0 cm³/mol. The molecule has 2 heterocycles. The first-order valence-corrected chi connectivity index (χ1v) is 8.33. The van der Waals surface area contributed by atoms with Crippen LogP contribution in [0.3, 0.4) is 0 Å². The number of nitrogens with zero attached hydrogens (tertiary/aromatic N) is 1. The number of hydrogen-bond donors (Lipinski definition) is 2. The van der Waals surface area contributed by atoms with Crippen molar-refractivity contribution in [3.63, 3.8) is 0 Å². The van der Waals surface area contributed by atoms with Gasteiger partial charge in [-0.2, -0.15) is 0 Å². The van der Waals surface area contributed by atoms with Gasteiger partial charge >= 0.3 is 5.97 Å². The second-order valence-electron chi connectivity index (χ2n) is 6.54. The molecular weight excluding hydrogens is 304 g/mol. The summed E-state index contributed by atoms with van der Waals surface area (Å²) in [5, 5.41) is 9.17. The highest BCUT2D eigenvalue weighted by Gasteiger charge is 2.17. The molecule has 0 bridgehead atoms. The zero-order chi connectivity index (χ0) is 17.3. The highest BCUT2D eigenvalue weighted by atomic mass is 16.4. The summed E-state index contributed by atoms with van der Waals surface area (Å²) in [6.45, 7) is 6.14. The summed E-state index contributed by atoms with van der Waals surface area (Å²) in [6, 6.07) is 9.61. The third-order valence-electron chi connectivity index (χ3n) is 4.55. The SMILES string of the molecule is CC(C)c1cc(C(=O)O)c(=O)[nH]c1-c1ccc(N2CCCC2)cc1. The van der Waals surface area contributed by atoms with Gasteiger partial charge in [0, 0.05) is 18.8 Å². The molecule has 0 radical (unpaired) electrons. The maximum absolute atomic E-state index is 12.1. The number of aromatic nitrogens is 1. The number of aromatic carboxylic acids is 1. The van der Waals surface area contributed by atoms with E-state index in [1.54, 1.807) is 0 Å². The lowest BCUT2D eigenvalue weighted by atomic mass is 9.95. The highest BCUT2D eigenvalue weighted by molar-refractivity contribution is 5.88. The third kappa shape index (κ3) is 3.07. The van der Waals surface area contributed by atoms with Crippen molar-refractivity contribution in [1.29, 1.82) is 0 Å². The molecule has 5 nitrogen and oxygen atoms in total. The monoisotopic (exact) mass is 326 g/mol. The van der Waals surface area contributed by atoms with Crippen molar-refractivity contribution in [2.45, 2.75) is 32.6 Å². The van der Waals surface area contributed by atoms with Crippen molar-refractivity contribution >= 4 is 11.7 Å². The molecule has 1 aromatic heterocycles. The van der Waals surface area contributed by atoms with Crippen LogP contribution in [0.5, 0.6) is 0 Å². The van der Waals surface area contributed by atoms with Crippen molar-refractivity contribution in [2.24, 2.45) is 0 Å². The number of carboxylic acid groups (broad SMARTS) is 1. The van der Waals surface area contributed by atoms with E-state index in [1.165, 1.54) is 24.6 Å². The molecule has 0 amide bonds. The summed E-state index contributed by atoms with van der Waals surface area (Å²) >= 11 is 0. The van der Waals surface area contributed by atoms with E-state index in [0.29, 0.717) is 5.69 Å². The Morgan fingerprint density at radius 1 is 1.17 bits per heavy atom. The fourth-order valence-electron chi connectivity index (χ4n) is 3.21. The molecule has 0 spiro atoms. The highest BCUT2D eigenvalue weighted by Crippen LogP contribution is 2.29. The zero-order valence-corrected chi connectivity index (χ0v) is 14.0. The smallest absolute Gasteiger partial charge is 0.341 e. The topological polar surface area (TPSA) is 73.4 Å². The van der Waals surface area contributed by atoms with E-state index < -0.39 is 11.5 Å². The number of H-pyrrole nitrogens is 1. The van der Waals surface area contributed by atoms with E-state index >= 15 is 0 Å². The zero-order valence-electron chi connectivity index (χ0n) is 14.0. The largest absolute Gasteiger partial charge is 0.477 e. The Morgan fingerprint density at radius 3 is 2.33 bits per heavy atom. The van der Waals surface area contributed by atoms with E-state index in [1.807, 2.05) is 26.0 Å². The summed E-state index contributed by atoms with van der Waals surface area (Å²) in [5.74, 6) is -1.10. The van der Waals surface area contributed by atoms with E-state index in [9.17, 15) is 9.59 Å². The number of rotatable bonds is 4. The van der Waals surface area contributed by atoms with Crippen LogP contribution in [0.2, 0.25) is 0 Å². The van der Waals surface area contributed by atoms with Gasteiger partial charge in [0.2, 0.25) is 0 Å². The fourth-order valence-corrected chi connectivity index (χ4v) is 3.21. The first-order valence-electron chi connectivity index (χ1n) is 8.33. The van der Waals surface area contributed by atoms with Gasteiger partial charge in [0.05, 0.1) is 5.69 Å². The Morgan fingerprint density at radius 2 is 1.79 bits per heavy atom. The van der Waals surface area contributed by atoms with Gasteiger partial charge in [0.1, 0.15) is 5.56 Å². The van der Waals surface area contributed by atoms with Gasteiger partial charge < -0.3 is 15.0 Å². The molecule has 1 aliphatic heterocycles. The number of carboxylic acids is 1. The number of benzene rings is 1. The quantitative estimate of drug-likeness (QED) is 0.902. The van der Waals surface area contributed by atoms with Crippen LogP contribution in [0.25, 0.3) is 11.3 Å². The van der Waals surface area contributed by atoms with Crippen molar-refractivity contribution < 1.29 is 9.90 Å². The summed E-state index contributed by atoms with van der Waals surface area (Å²) < 4.78 is 0. The maximum Gasteiger partial charge on any atom is 0.341 e.